The van der Waals surface area contributed by atoms with Crippen molar-refractivity contribution in [2.45, 2.75) is 63.5 Å². The van der Waals surface area contributed by atoms with E-state index in [2.05, 4.69) is 30.8 Å². The minimum absolute atomic E-state index is 0.00770. The minimum atomic E-state index is -3.61. The fourth-order valence-corrected chi connectivity index (χ4v) is 7.85. The lowest BCUT2D eigenvalue weighted by Gasteiger charge is -2.44. The number of anilines is 5. The van der Waals surface area contributed by atoms with Crippen molar-refractivity contribution in [3.63, 3.8) is 0 Å². The van der Waals surface area contributed by atoms with E-state index in [9.17, 15) is 28.0 Å². The topological polar surface area (TPSA) is 152 Å². The molecule has 3 aromatic rings. The molecule has 2 aromatic carbocycles. The number of piperidine rings is 2. The number of hydrogen-bond donors (Lipinski definition) is 3. The van der Waals surface area contributed by atoms with E-state index in [-0.39, 0.29) is 59.5 Å². The van der Waals surface area contributed by atoms with Crippen molar-refractivity contribution in [2.75, 3.05) is 73.4 Å². The number of aromatic nitrogens is 2. The van der Waals surface area contributed by atoms with E-state index in [1.54, 1.807) is 44.2 Å². The number of benzene rings is 2. The number of ether oxygens (including phenoxy) is 1. The summed E-state index contributed by atoms with van der Waals surface area (Å²) in [6.45, 7) is 6.63. The highest BCUT2D eigenvalue weighted by Crippen LogP contribution is 2.38. The first-order valence-electron chi connectivity index (χ1n) is 18.9. The largest absolute Gasteiger partial charge is 0.495 e. The zero-order valence-electron chi connectivity index (χ0n) is 31.8. The second-order valence-electron chi connectivity index (χ2n) is 15.3. The third-order valence-corrected chi connectivity index (χ3v) is 11.1. The van der Waals surface area contributed by atoms with Gasteiger partial charge in [0, 0.05) is 69.8 Å². The summed E-state index contributed by atoms with van der Waals surface area (Å²) in [6.07, 6.45) is 3.52. The number of alkyl halides is 2. The lowest BCUT2D eigenvalue weighted by Crippen LogP contribution is -2.54. The molecular formula is C39H46F3N9O5. The molecule has 298 valence electrons. The number of likely N-dealkylation sites (tertiary alicyclic amines) is 1. The first kappa shape index (κ1) is 38.8. The van der Waals surface area contributed by atoms with E-state index >= 15 is 4.39 Å². The molecule has 3 N–H and O–H groups in total. The van der Waals surface area contributed by atoms with Crippen LogP contribution in [0.1, 0.15) is 61.4 Å². The zero-order valence-corrected chi connectivity index (χ0v) is 31.8. The van der Waals surface area contributed by atoms with Crippen LogP contribution in [0.2, 0.25) is 0 Å². The van der Waals surface area contributed by atoms with Gasteiger partial charge in [0.2, 0.25) is 17.8 Å². The maximum Gasteiger partial charge on any atom is 0.342 e. The van der Waals surface area contributed by atoms with E-state index in [0.717, 1.165) is 50.5 Å². The van der Waals surface area contributed by atoms with E-state index in [4.69, 9.17) is 4.74 Å². The molecule has 4 aliphatic heterocycles. The molecule has 1 aromatic heterocycles. The van der Waals surface area contributed by atoms with Gasteiger partial charge in [-0.2, -0.15) is 13.8 Å². The molecule has 5 heterocycles. The SMILES string of the molecule is COc1cc(C(=O)NC2CCN(CC3CN(c4ccc(C5CCC(=O)NC5=O)cc4F)C3)CC2)ccc1Nc1ncc2c(n1)N(C(C)C)CC(F)(F)C(=O)N2C. The van der Waals surface area contributed by atoms with Gasteiger partial charge in [0.1, 0.15) is 17.3 Å². The second-order valence-corrected chi connectivity index (χ2v) is 15.3. The van der Waals surface area contributed by atoms with Gasteiger partial charge in [0.15, 0.2) is 5.82 Å². The third kappa shape index (κ3) is 7.94. The Balaban J connectivity index is 0.897. The number of carbonyl (C=O) groups is 4. The molecule has 4 aliphatic rings. The second kappa shape index (κ2) is 15.6. The predicted octanol–water partition coefficient (Wildman–Crippen LogP) is 4.05. The molecule has 3 fully saturated rings. The summed E-state index contributed by atoms with van der Waals surface area (Å²) in [5.74, 6) is -5.72. The molecular weight excluding hydrogens is 731 g/mol. The van der Waals surface area contributed by atoms with Gasteiger partial charge >= 0.3 is 5.92 Å². The summed E-state index contributed by atoms with van der Waals surface area (Å²) in [4.78, 5) is 64.9. The molecule has 0 bridgehead atoms. The summed E-state index contributed by atoms with van der Waals surface area (Å²) in [5, 5.41) is 8.53. The van der Waals surface area contributed by atoms with Gasteiger partial charge in [0.25, 0.3) is 11.8 Å². The number of halogens is 3. The first-order chi connectivity index (χ1) is 26.7. The van der Waals surface area contributed by atoms with E-state index in [1.165, 1.54) is 31.3 Å². The van der Waals surface area contributed by atoms with E-state index in [0.29, 0.717) is 40.6 Å². The summed E-state index contributed by atoms with van der Waals surface area (Å²) in [5.41, 5.74) is 2.11. The Kier molecular flexibility index (Phi) is 10.8. The Morgan fingerprint density at radius 2 is 1.80 bits per heavy atom. The molecule has 4 amide bonds. The maximum atomic E-state index is 15.1. The number of amides is 4. The number of methoxy groups -OCH3 is 1. The smallest absolute Gasteiger partial charge is 0.342 e. The molecule has 0 aliphatic carbocycles. The fourth-order valence-electron chi connectivity index (χ4n) is 7.85. The van der Waals surface area contributed by atoms with Crippen LogP contribution in [-0.4, -0.2) is 110 Å². The molecule has 56 heavy (non-hydrogen) atoms. The molecule has 7 rings (SSSR count). The van der Waals surface area contributed by atoms with Crippen LogP contribution in [0.25, 0.3) is 0 Å². The quantitative estimate of drug-likeness (QED) is 0.256. The van der Waals surface area contributed by atoms with Crippen LogP contribution in [-0.2, 0) is 14.4 Å². The van der Waals surface area contributed by atoms with Crippen LogP contribution in [0.3, 0.4) is 0 Å². The summed E-state index contributed by atoms with van der Waals surface area (Å²) < 4.78 is 50.1. The van der Waals surface area contributed by atoms with Crippen molar-refractivity contribution in [1.29, 1.82) is 0 Å². The number of carbonyl (C=O) groups excluding carboxylic acids is 4. The van der Waals surface area contributed by atoms with Crippen molar-refractivity contribution in [3.05, 3.63) is 59.5 Å². The van der Waals surface area contributed by atoms with Crippen LogP contribution in [0.5, 0.6) is 5.75 Å². The average molecular weight is 778 g/mol. The molecule has 14 nitrogen and oxygen atoms in total. The number of imide groups is 1. The standard InChI is InChI=1S/C39H46F3N9O5/c1-22(2)51-21-39(41,42)37(55)48(3)31-17-43-38(47-34(31)51)45-29-8-5-25(16-32(29)56-4)35(53)44-26-11-13-49(14-12-26)18-23-19-50(20-23)30-9-6-24(15-28(30)40)27-7-10-33(52)46-36(27)54/h5-6,8-9,15-17,22-23,26-27H,7,10-14,18-21H2,1-4H3,(H,44,53)(H,43,45,47)(H,46,52,54). The first-order valence-corrected chi connectivity index (χ1v) is 18.9. The van der Waals surface area contributed by atoms with Gasteiger partial charge in [-0.1, -0.05) is 6.07 Å². The number of hydrogen-bond acceptors (Lipinski definition) is 11. The van der Waals surface area contributed by atoms with E-state index < -0.39 is 24.3 Å². The molecule has 17 heteroatoms. The molecule has 3 saturated heterocycles. The highest BCUT2D eigenvalue weighted by molar-refractivity contribution is 6.02. The Labute approximate surface area is 322 Å². The van der Waals surface area contributed by atoms with Gasteiger partial charge in [0.05, 0.1) is 37.1 Å². The Morgan fingerprint density at radius 3 is 2.48 bits per heavy atom. The Bertz CT molecular complexity index is 2020. The van der Waals surface area contributed by atoms with Gasteiger partial charge in [-0.05, 0) is 69.0 Å². The van der Waals surface area contributed by atoms with Crippen LogP contribution in [0.4, 0.5) is 42.0 Å². The molecule has 1 atom stereocenters. The summed E-state index contributed by atoms with van der Waals surface area (Å²) in [7, 11) is 2.74. The highest BCUT2D eigenvalue weighted by Gasteiger charge is 2.48. The number of fused-ring (bicyclic) bond motifs is 1. The van der Waals surface area contributed by atoms with Gasteiger partial charge in [-0.15, -0.1) is 0 Å². The van der Waals surface area contributed by atoms with Gasteiger partial charge < -0.3 is 35.0 Å². The Hall–Kier alpha value is -5.45. The van der Waals surface area contributed by atoms with Crippen molar-refractivity contribution < 1.29 is 37.1 Å². The zero-order chi connectivity index (χ0) is 39.9. The average Bonchev–Trinajstić information content (AvgIpc) is 3.22. The van der Waals surface area contributed by atoms with Crippen molar-refractivity contribution in [1.82, 2.24) is 25.5 Å². The Morgan fingerprint density at radius 1 is 1.05 bits per heavy atom. The molecule has 1 unspecified atom stereocenters. The normalized spacial score (nSPS) is 20.7. The maximum absolute atomic E-state index is 15.1. The van der Waals surface area contributed by atoms with Gasteiger partial charge in [-0.3, -0.25) is 24.5 Å². The molecule has 0 spiro atoms. The fraction of sp³-hybridized carbons (Fsp3) is 0.487. The summed E-state index contributed by atoms with van der Waals surface area (Å²) >= 11 is 0. The van der Waals surface area contributed by atoms with E-state index in [1.807, 2.05) is 4.90 Å². The lowest BCUT2D eigenvalue weighted by atomic mass is 9.90. The van der Waals surface area contributed by atoms with Gasteiger partial charge in [-0.25, -0.2) is 9.37 Å². The monoisotopic (exact) mass is 777 g/mol. The van der Waals surface area contributed by atoms with Crippen LogP contribution in [0, 0.1) is 11.7 Å². The van der Waals surface area contributed by atoms with Crippen molar-refractivity contribution >= 4 is 52.5 Å². The van der Waals surface area contributed by atoms with Crippen molar-refractivity contribution in [3.8, 4) is 5.75 Å². The molecule has 0 radical (unpaired) electrons. The highest BCUT2D eigenvalue weighted by atomic mass is 19.3. The van der Waals surface area contributed by atoms with Crippen LogP contribution < -0.4 is 35.4 Å². The lowest BCUT2D eigenvalue weighted by molar-refractivity contribution is -0.140. The number of nitrogens with zero attached hydrogens (tertiary/aromatic N) is 6. The van der Waals surface area contributed by atoms with Crippen LogP contribution in [0.15, 0.2) is 42.6 Å². The van der Waals surface area contributed by atoms with Crippen LogP contribution >= 0.6 is 0 Å². The van der Waals surface area contributed by atoms with Crippen molar-refractivity contribution in [2.24, 2.45) is 5.92 Å². The minimum Gasteiger partial charge on any atom is -0.495 e. The predicted molar refractivity (Wildman–Crippen MR) is 203 cm³/mol. The number of nitrogens with one attached hydrogen (secondary N) is 3. The third-order valence-electron chi connectivity index (χ3n) is 11.1. The number of rotatable bonds is 10. The molecule has 0 saturated carbocycles. The summed E-state index contributed by atoms with van der Waals surface area (Å²) in [6, 6.07) is 9.45.